The van der Waals surface area contributed by atoms with Crippen LogP contribution in [-0.4, -0.2) is 18.0 Å². The van der Waals surface area contributed by atoms with E-state index >= 15 is 0 Å². The Kier molecular flexibility index (Phi) is 5.63. The lowest BCUT2D eigenvalue weighted by Gasteiger charge is -2.19. The molecule has 0 heterocycles. The number of rotatable bonds is 5. The van der Waals surface area contributed by atoms with Gasteiger partial charge >= 0.3 is 6.03 Å². The van der Waals surface area contributed by atoms with E-state index in [2.05, 4.69) is 10.6 Å². The summed E-state index contributed by atoms with van der Waals surface area (Å²) in [6, 6.07) is 5.43. The predicted octanol–water partition coefficient (Wildman–Crippen LogP) is 2.36. The highest BCUT2D eigenvalue weighted by atomic mass is 35.5. The molecule has 19 heavy (non-hydrogen) atoms. The molecule has 104 valence electrons. The zero-order valence-corrected chi connectivity index (χ0v) is 11.7. The minimum Gasteiger partial charge on any atom is -0.352 e. The molecular weight excluding hydrogens is 266 g/mol. The highest BCUT2D eigenvalue weighted by molar-refractivity contribution is 6.30. The van der Waals surface area contributed by atoms with E-state index in [1.165, 1.54) is 0 Å². The van der Waals surface area contributed by atoms with Crippen LogP contribution < -0.4 is 16.4 Å². The maximum absolute atomic E-state index is 12.1. The lowest BCUT2D eigenvalue weighted by molar-refractivity contribution is -0.118. The van der Waals surface area contributed by atoms with Gasteiger partial charge in [-0.1, -0.05) is 31.5 Å². The van der Waals surface area contributed by atoms with E-state index in [0.29, 0.717) is 17.1 Å². The van der Waals surface area contributed by atoms with Gasteiger partial charge in [0.15, 0.2) is 0 Å². The molecule has 0 fully saturated rings. The molecule has 1 aromatic rings. The zero-order valence-electron chi connectivity index (χ0n) is 10.9. The number of halogens is 1. The predicted molar refractivity (Wildman–Crippen MR) is 76.0 cm³/mol. The first-order valence-corrected chi connectivity index (χ1v) is 6.38. The molecule has 0 aliphatic rings. The quantitative estimate of drug-likeness (QED) is 0.775. The summed E-state index contributed by atoms with van der Waals surface area (Å²) in [7, 11) is 0. The summed E-state index contributed by atoms with van der Waals surface area (Å²) < 4.78 is 0. The fourth-order valence-electron chi connectivity index (χ4n) is 1.67. The highest BCUT2D eigenvalue weighted by Crippen LogP contribution is 2.16. The number of nitrogens with one attached hydrogen (secondary N) is 2. The number of nitrogens with two attached hydrogens (primary N) is 1. The third-order valence-corrected chi connectivity index (χ3v) is 2.67. The lowest BCUT2D eigenvalue weighted by Crippen LogP contribution is -2.46. The van der Waals surface area contributed by atoms with Crippen molar-refractivity contribution in [3.8, 4) is 0 Å². The minimum atomic E-state index is -0.716. The van der Waals surface area contributed by atoms with Crippen molar-refractivity contribution in [3.05, 3.63) is 29.3 Å². The van der Waals surface area contributed by atoms with Gasteiger partial charge in [-0.3, -0.25) is 4.79 Å². The Balaban J connectivity index is 2.73. The van der Waals surface area contributed by atoms with Gasteiger partial charge in [-0.25, -0.2) is 4.79 Å². The van der Waals surface area contributed by atoms with Gasteiger partial charge in [0.1, 0.15) is 6.04 Å². The third-order valence-electron chi connectivity index (χ3n) is 2.43. The van der Waals surface area contributed by atoms with Crippen LogP contribution in [0.15, 0.2) is 24.3 Å². The van der Waals surface area contributed by atoms with Gasteiger partial charge in [0.05, 0.1) is 0 Å². The van der Waals surface area contributed by atoms with Crippen molar-refractivity contribution in [2.75, 3.05) is 5.32 Å². The molecule has 6 heteroatoms. The van der Waals surface area contributed by atoms with E-state index in [1.54, 1.807) is 24.3 Å². The van der Waals surface area contributed by atoms with Gasteiger partial charge in [-0.05, 0) is 30.5 Å². The standard InChI is InChI=1S/C13H18ClN3O2/c1-8(2)6-11(17-13(15)19)12(18)16-10-5-3-4-9(14)7-10/h3-5,7-8,11H,6H2,1-2H3,(H,16,18)(H3,15,17,19). The van der Waals surface area contributed by atoms with E-state index in [0.717, 1.165) is 0 Å². The van der Waals surface area contributed by atoms with Gasteiger partial charge in [-0.15, -0.1) is 0 Å². The average Bonchev–Trinajstić information content (AvgIpc) is 2.26. The van der Waals surface area contributed by atoms with Crippen molar-refractivity contribution in [2.45, 2.75) is 26.3 Å². The second kappa shape index (κ2) is 6.99. The molecule has 1 atom stereocenters. The van der Waals surface area contributed by atoms with Crippen LogP contribution in [0.2, 0.25) is 5.02 Å². The Hall–Kier alpha value is -1.75. The molecule has 0 aliphatic heterocycles. The molecule has 0 spiro atoms. The van der Waals surface area contributed by atoms with E-state index in [4.69, 9.17) is 17.3 Å². The summed E-state index contributed by atoms with van der Waals surface area (Å²) in [6.45, 7) is 3.92. The van der Waals surface area contributed by atoms with Crippen LogP contribution in [0, 0.1) is 5.92 Å². The summed E-state index contributed by atoms with van der Waals surface area (Å²) in [5, 5.41) is 5.67. The second-order valence-corrected chi connectivity index (χ2v) is 5.13. The Morgan fingerprint density at radius 3 is 2.58 bits per heavy atom. The van der Waals surface area contributed by atoms with Gasteiger partial charge in [0.25, 0.3) is 0 Å². The summed E-state index contributed by atoms with van der Waals surface area (Å²) >= 11 is 5.84. The number of primary amides is 1. The monoisotopic (exact) mass is 283 g/mol. The molecule has 0 aliphatic carbocycles. The molecule has 5 nitrogen and oxygen atoms in total. The van der Waals surface area contributed by atoms with Gasteiger partial charge in [-0.2, -0.15) is 0 Å². The van der Waals surface area contributed by atoms with Crippen molar-refractivity contribution in [1.29, 1.82) is 0 Å². The molecular formula is C13H18ClN3O2. The van der Waals surface area contributed by atoms with E-state index in [9.17, 15) is 9.59 Å². The van der Waals surface area contributed by atoms with Crippen LogP contribution in [0.1, 0.15) is 20.3 Å². The number of carbonyl (C=O) groups is 2. The fourth-order valence-corrected chi connectivity index (χ4v) is 1.86. The van der Waals surface area contributed by atoms with Crippen LogP contribution in [0.3, 0.4) is 0 Å². The first kappa shape index (κ1) is 15.3. The molecule has 1 unspecified atom stereocenters. The molecule has 0 saturated carbocycles. The number of anilines is 1. The fraction of sp³-hybridized carbons (Fsp3) is 0.385. The molecule has 0 aromatic heterocycles. The number of hydrogen-bond donors (Lipinski definition) is 3. The molecule has 1 rings (SSSR count). The largest absolute Gasteiger partial charge is 0.352 e. The van der Waals surface area contributed by atoms with Crippen molar-refractivity contribution >= 4 is 29.2 Å². The first-order chi connectivity index (χ1) is 8.88. The molecule has 4 N–H and O–H groups in total. The summed E-state index contributed by atoms with van der Waals surface area (Å²) in [5.41, 5.74) is 5.65. The maximum atomic E-state index is 12.1. The van der Waals surface area contributed by atoms with E-state index < -0.39 is 12.1 Å². The Morgan fingerprint density at radius 1 is 1.37 bits per heavy atom. The highest BCUT2D eigenvalue weighted by Gasteiger charge is 2.21. The van der Waals surface area contributed by atoms with Gasteiger partial charge < -0.3 is 16.4 Å². The summed E-state index contributed by atoms with van der Waals surface area (Å²) in [4.78, 5) is 23.0. The summed E-state index contributed by atoms with van der Waals surface area (Å²) in [5.74, 6) is -0.0586. The summed E-state index contributed by atoms with van der Waals surface area (Å²) in [6.07, 6.45) is 0.509. The molecule has 3 amide bonds. The first-order valence-electron chi connectivity index (χ1n) is 6.01. The van der Waals surface area contributed by atoms with E-state index in [1.807, 2.05) is 13.8 Å². The number of hydrogen-bond acceptors (Lipinski definition) is 2. The SMILES string of the molecule is CC(C)CC(NC(N)=O)C(=O)Nc1cccc(Cl)c1. The van der Waals surface area contributed by atoms with Crippen LogP contribution in [0.5, 0.6) is 0 Å². The van der Waals surface area contributed by atoms with Crippen LogP contribution in [-0.2, 0) is 4.79 Å². The van der Waals surface area contributed by atoms with E-state index in [-0.39, 0.29) is 11.8 Å². The Morgan fingerprint density at radius 2 is 2.05 bits per heavy atom. The van der Waals surface area contributed by atoms with Crippen molar-refractivity contribution < 1.29 is 9.59 Å². The van der Waals surface area contributed by atoms with Crippen molar-refractivity contribution in [1.82, 2.24) is 5.32 Å². The molecule has 1 aromatic carbocycles. The normalized spacial score (nSPS) is 12.0. The number of urea groups is 1. The van der Waals surface area contributed by atoms with Crippen molar-refractivity contribution in [3.63, 3.8) is 0 Å². The molecule has 0 radical (unpaired) electrons. The lowest BCUT2D eigenvalue weighted by atomic mass is 10.0. The number of benzene rings is 1. The third kappa shape index (κ3) is 5.61. The average molecular weight is 284 g/mol. The molecule has 0 saturated heterocycles. The number of amides is 3. The Bertz CT molecular complexity index is 463. The van der Waals surface area contributed by atoms with Gasteiger partial charge in [0, 0.05) is 10.7 Å². The topological polar surface area (TPSA) is 84.2 Å². The zero-order chi connectivity index (χ0) is 14.4. The maximum Gasteiger partial charge on any atom is 0.312 e. The van der Waals surface area contributed by atoms with Crippen LogP contribution in [0.4, 0.5) is 10.5 Å². The van der Waals surface area contributed by atoms with Crippen molar-refractivity contribution in [2.24, 2.45) is 11.7 Å². The van der Waals surface area contributed by atoms with Crippen LogP contribution in [0.25, 0.3) is 0 Å². The van der Waals surface area contributed by atoms with Crippen LogP contribution >= 0.6 is 11.6 Å². The molecule has 0 bridgehead atoms. The number of carbonyl (C=O) groups excluding carboxylic acids is 2. The second-order valence-electron chi connectivity index (χ2n) is 4.69. The minimum absolute atomic E-state index is 0.252. The smallest absolute Gasteiger partial charge is 0.312 e. The Labute approximate surface area is 117 Å². The van der Waals surface area contributed by atoms with Gasteiger partial charge in [0.2, 0.25) is 5.91 Å².